The average Bonchev–Trinajstić information content (AvgIpc) is 2.90. The van der Waals surface area contributed by atoms with Crippen molar-refractivity contribution in [1.82, 2.24) is 5.32 Å². The number of anilines is 2. The number of aliphatic hydroxyl groups excluding tert-OH is 1. The summed E-state index contributed by atoms with van der Waals surface area (Å²) >= 11 is 0. The molecule has 0 aliphatic carbocycles. The van der Waals surface area contributed by atoms with Gasteiger partial charge in [0, 0.05) is 41.1 Å². The van der Waals surface area contributed by atoms with Gasteiger partial charge in [-0.3, -0.25) is 9.59 Å². The van der Waals surface area contributed by atoms with Crippen LogP contribution in [-0.2, 0) is 6.61 Å². The quantitative estimate of drug-likeness (QED) is 0.583. The zero-order chi connectivity index (χ0) is 22.0. The monoisotopic (exact) mass is 424 g/mol. The number of carbonyl (C=O) groups excluding carboxylic acids is 2. The number of rotatable bonds is 5. The molecule has 6 nitrogen and oxygen atoms in total. The Balaban J connectivity index is 1.62. The fourth-order valence-corrected chi connectivity index (χ4v) is 3.28. The van der Waals surface area contributed by atoms with Crippen LogP contribution in [0.5, 0.6) is 5.75 Å². The molecule has 0 radical (unpaired) electrons. The Kier molecular flexibility index (Phi) is 5.64. The first-order valence-electron chi connectivity index (χ1n) is 9.52. The third-order valence-corrected chi connectivity index (χ3v) is 4.83. The fraction of sp³-hybridized carbons (Fsp3) is 0.130. The molecule has 0 saturated heterocycles. The zero-order valence-electron chi connectivity index (χ0n) is 16.2. The number of hydrogen-bond acceptors (Lipinski definition) is 5. The van der Waals surface area contributed by atoms with E-state index in [1.54, 1.807) is 30.3 Å². The lowest BCUT2D eigenvalue weighted by molar-refractivity contribution is 0.0944. The second kappa shape index (κ2) is 8.53. The molecular formula is C23H18F2N2O4. The molecule has 8 heteroatoms. The van der Waals surface area contributed by atoms with Gasteiger partial charge in [0.1, 0.15) is 24.0 Å². The largest absolute Gasteiger partial charge is 0.488 e. The molecule has 1 aliphatic rings. The van der Waals surface area contributed by atoms with Crippen molar-refractivity contribution in [3.8, 4) is 5.75 Å². The number of benzene rings is 3. The normalized spacial score (nSPS) is 12.3. The summed E-state index contributed by atoms with van der Waals surface area (Å²) in [6, 6.07) is 12.6. The minimum absolute atomic E-state index is 0.0862. The first kappa shape index (κ1) is 20.5. The van der Waals surface area contributed by atoms with Gasteiger partial charge in [0.05, 0.1) is 17.9 Å². The predicted molar refractivity (Wildman–Crippen MR) is 110 cm³/mol. The van der Waals surface area contributed by atoms with E-state index < -0.39 is 17.5 Å². The van der Waals surface area contributed by atoms with Crippen LogP contribution >= 0.6 is 0 Å². The topological polar surface area (TPSA) is 87.7 Å². The number of hydrogen-bond donors (Lipinski definition) is 3. The summed E-state index contributed by atoms with van der Waals surface area (Å²) in [5, 5.41) is 14.3. The molecule has 0 bridgehead atoms. The van der Waals surface area contributed by atoms with Gasteiger partial charge in [-0.15, -0.1) is 0 Å². The van der Waals surface area contributed by atoms with Crippen LogP contribution in [-0.4, -0.2) is 29.9 Å². The summed E-state index contributed by atoms with van der Waals surface area (Å²) < 4.78 is 32.8. The van der Waals surface area contributed by atoms with Crippen LogP contribution in [0, 0.1) is 11.6 Å². The van der Waals surface area contributed by atoms with E-state index in [1.165, 1.54) is 12.1 Å². The Labute approximate surface area is 176 Å². The first-order valence-corrected chi connectivity index (χ1v) is 9.52. The van der Waals surface area contributed by atoms with Crippen molar-refractivity contribution in [2.24, 2.45) is 0 Å². The maximum Gasteiger partial charge on any atom is 0.251 e. The van der Waals surface area contributed by atoms with E-state index in [9.17, 15) is 18.4 Å². The Morgan fingerprint density at radius 3 is 2.65 bits per heavy atom. The van der Waals surface area contributed by atoms with E-state index in [1.807, 2.05) is 0 Å². The molecule has 0 aromatic heterocycles. The SMILES string of the molecule is O=C(NCCO)c1ccc2c(c1)C(=O)c1ccc(Nc3ccc(F)cc3F)cc1OC2. The summed E-state index contributed by atoms with van der Waals surface area (Å²) in [5.41, 5.74) is 2.13. The Morgan fingerprint density at radius 2 is 1.87 bits per heavy atom. The van der Waals surface area contributed by atoms with E-state index in [2.05, 4.69) is 10.6 Å². The molecule has 3 N–H and O–H groups in total. The standard InChI is InChI=1S/C23H18F2N2O4/c24-15-3-6-20(19(25)10-15)27-16-4-5-17-21(11-16)31-12-14-2-1-13(9-18(14)22(17)29)23(30)26-7-8-28/h1-6,9-11,27-28H,7-8,12H2,(H,26,30). The number of carbonyl (C=O) groups is 2. The van der Waals surface area contributed by atoms with E-state index >= 15 is 0 Å². The van der Waals surface area contributed by atoms with Crippen molar-refractivity contribution in [3.63, 3.8) is 0 Å². The highest BCUT2D eigenvalue weighted by Gasteiger charge is 2.24. The number of ketones is 1. The van der Waals surface area contributed by atoms with Gasteiger partial charge in [0.2, 0.25) is 0 Å². The molecule has 3 aromatic rings. The van der Waals surface area contributed by atoms with Crippen molar-refractivity contribution in [1.29, 1.82) is 0 Å². The number of fused-ring (bicyclic) bond motifs is 2. The van der Waals surface area contributed by atoms with Gasteiger partial charge in [-0.05, 0) is 36.4 Å². The molecule has 1 amide bonds. The molecular weight excluding hydrogens is 406 g/mol. The van der Waals surface area contributed by atoms with Crippen LogP contribution in [0.3, 0.4) is 0 Å². The third kappa shape index (κ3) is 4.24. The van der Waals surface area contributed by atoms with Crippen molar-refractivity contribution < 1.29 is 28.2 Å². The second-order valence-electron chi connectivity index (χ2n) is 6.93. The van der Waals surface area contributed by atoms with Crippen LogP contribution in [0.15, 0.2) is 54.6 Å². The molecule has 0 atom stereocenters. The molecule has 4 rings (SSSR count). The number of halogens is 2. The molecule has 1 aliphatic heterocycles. The van der Waals surface area contributed by atoms with E-state index in [0.29, 0.717) is 33.7 Å². The highest BCUT2D eigenvalue weighted by molar-refractivity contribution is 6.13. The molecule has 0 spiro atoms. The predicted octanol–water partition coefficient (Wildman–Crippen LogP) is 3.55. The van der Waals surface area contributed by atoms with E-state index in [0.717, 1.165) is 12.1 Å². The molecule has 1 heterocycles. The molecule has 158 valence electrons. The van der Waals surface area contributed by atoms with Gasteiger partial charge in [-0.25, -0.2) is 8.78 Å². The van der Waals surface area contributed by atoms with Gasteiger partial charge in [-0.2, -0.15) is 0 Å². The zero-order valence-corrected chi connectivity index (χ0v) is 16.2. The lowest BCUT2D eigenvalue weighted by Gasteiger charge is -2.11. The van der Waals surface area contributed by atoms with Crippen LogP contribution in [0.1, 0.15) is 31.8 Å². The van der Waals surface area contributed by atoms with Gasteiger partial charge in [0.25, 0.3) is 5.91 Å². The molecule has 0 saturated carbocycles. The van der Waals surface area contributed by atoms with Crippen LogP contribution in [0.25, 0.3) is 0 Å². The van der Waals surface area contributed by atoms with Crippen LogP contribution in [0.2, 0.25) is 0 Å². The van der Waals surface area contributed by atoms with Gasteiger partial charge in [-0.1, -0.05) is 6.07 Å². The molecule has 0 unspecified atom stereocenters. The minimum atomic E-state index is -0.744. The summed E-state index contributed by atoms with van der Waals surface area (Å²) in [6.07, 6.45) is 0. The number of nitrogens with one attached hydrogen (secondary N) is 2. The highest BCUT2D eigenvalue weighted by Crippen LogP contribution is 2.32. The highest BCUT2D eigenvalue weighted by atomic mass is 19.1. The summed E-state index contributed by atoms with van der Waals surface area (Å²) in [7, 11) is 0. The Hall–Kier alpha value is -3.78. The van der Waals surface area contributed by atoms with Crippen molar-refractivity contribution in [2.75, 3.05) is 18.5 Å². The van der Waals surface area contributed by atoms with Gasteiger partial charge < -0.3 is 20.5 Å². The maximum atomic E-state index is 13.9. The lowest BCUT2D eigenvalue weighted by atomic mass is 9.96. The first-order chi connectivity index (χ1) is 15.0. The number of amides is 1. The van der Waals surface area contributed by atoms with Crippen molar-refractivity contribution in [2.45, 2.75) is 6.61 Å². The third-order valence-electron chi connectivity index (χ3n) is 4.83. The lowest BCUT2D eigenvalue weighted by Crippen LogP contribution is -2.26. The van der Waals surface area contributed by atoms with Crippen LogP contribution < -0.4 is 15.4 Å². The Bertz CT molecular complexity index is 1180. The maximum absolute atomic E-state index is 13.9. The van der Waals surface area contributed by atoms with Crippen molar-refractivity contribution in [3.05, 3.63) is 88.5 Å². The molecule has 31 heavy (non-hydrogen) atoms. The second-order valence-corrected chi connectivity index (χ2v) is 6.93. The minimum Gasteiger partial charge on any atom is -0.488 e. The van der Waals surface area contributed by atoms with E-state index in [4.69, 9.17) is 9.84 Å². The molecule has 3 aromatic carbocycles. The fourth-order valence-electron chi connectivity index (χ4n) is 3.28. The summed E-state index contributed by atoms with van der Waals surface area (Å²) in [6.45, 7) is 0.0379. The summed E-state index contributed by atoms with van der Waals surface area (Å²) in [4.78, 5) is 25.3. The smallest absolute Gasteiger partial charge is 0.251 e. The van der Waals surface area contributed by atoms with Crippen molar-refractivity contribution >= 4 is 23.1 Å². The van der Waals surface area contributed by atoms with Crippen LogP contribution in [0.4, 0.5) is 20.2 Å². The van der Waals surface area contributed by atoms with Gasteiger partial charge >= 0.3 is 0 Å². The van der Waals surface area contributed by atoms with Gasteiger partial charge in [0.15, 0.2) is 5.78 Å². The Morgan fingerprint density at radius 1 is 1.03 bits per heavy atom. The molecule has 0 fully saturated rings. The number of ether oxygens (including phenoxy) is 1. The number of aliphatic hydroxyl groups is 1. The van der Waals surface area contributed by atoms with E-state index in [-0.39, 0.29) is 31.2 Å². The average molecular weight is 424 g/mol. The summed E-state index contributed by atoms with van der Waals surface area (Å²) in [5.74, 6) is -1.82.